The van der Waals surface area contributed by atoms with Crippen molar-refractivity contribution in [1.29, 1.82) is 0 Å². The van der Waals surface area contributed by atoms with Crippen molar-refractivity contribution in [2.75, 3.05) is 0 Å². The maximum atomic E-state index is 10.6. The number of hydrogen-bond donors (Lipinski definition) is 3. The molecule has 1 unspecified atom stereocenters. The van der Waals surface area contributed by atoms with Crippen LogP contribution in [0.25, 0.3) is 0 Å². The van der Waals surface area contributed by atoms with Crippen molar-refractivity contribution in [2.24, 2.45) is 0 Å². The average Bonchev–Trinajstić information content (AvgIpc) is 1.92. The highest BCUT2D eigenvalue weighted by molar-refractivity contribution is 7.59. The van der Waals surface area contributed by atoms with E-state index in [1.165, 1.54) is 18.2 Å². The van der Waals surface area contributed by atoms with E-state index < -0.39 is 7.60 Å². The lowest BCUT2D eigenvalue weighted by Gasteiger charge is -2.15. The van der Waals surface area contributed by atoms with E-state index >= 15 is 0 Å². The highest BCUT2D eigenvalue weighted by Gasteiger charge is 2.15. The number of phenolic OH excluding ortho intramolecular Hbond substituents is 1. The van der Waals surface area contributed by atoms with Gasteiger partial charge in [0.05, 0.1) is 5.30 Å². The molecule has 0 heterocycles. The standard InChI is InChI=1S/C6H8NO4P/c7-6-4(8)2-1-3-5(6)12(9,10)11/h1-3,8H,7H2,(H2,9,10,11). The van der Waals surface area contributed by atoms with Crippen LogP contribution in [0.3, 0.4) is 0 Å². The van der Waals surface area contributed by atoms with Gasteiger partial charge in [-0.3, -0.25) is 0 Å². The van der Waals surface area contributed by atoms with Crippen molar-refractivity contribution in [3.63, 3.8) is 0 Å². The van der Waals surface area contributed by atoms with E-state index in [9.17, 15) is 9.46 Å². The Bertz CT molecular complexity index is 345. The van der Waals surface area contributed by atoms with E-state index in [1.807, 2.05) is 0 Å². The Morgan fingerprint density at radius 3 is 2.50 bits per heavy atom. The summed E-state index contributed by atoms with van der Waals surface area (Å²) in [4.78, 5) is 19.3. The minimum atomic E-state index is -4.56. The summed E-state index contributed by atoms with van der Waals surface area (Å²) in [7, 11) is -4.56. The van der Waals surface area contributed by atoms with E-state index in [0.717, 1.165) is 0 Å². The van der Waals surface area contributed by atoms with Crippen LogP contribution in [-0.4, -0.2) is 10.00 Å². The molecular formula is C6H8NO4P. The zero-order valence-electron chi connectivity index (χ0n) is 6.10. The van der Waals surface area contributed by atoms with E-state index in [0.29, 0.717) is 0 Å². The molecule has 0 amide bonds. The van der Waals surface area contributed by atoms with Crippen LogP contribution in [0.5, 0.6) is 5.75 Å². The van der Waals surface area contributed by atoms with Crippen molar-refractivity contribution < 1.29 is 25.2 Å². The summed E-state index contributed by atoms with van der Waals surface area (Å²) in [6, 6.07) is 3.79. The van der Waals surface area contributed by atoms with Gasteiger partial charge in [0.1, 0.15) is 0 Å². The molecule has 1 rings (SSSR count). The first-order chi connectivity index (χ1) is 5.43. The Balaban J connectivity index is 3.36. The van der Waals surface area contributed by atoms with Gasteiger partial charge in [-0.05, 0) is 12.1 Å². The van der Waals surface area contributed by atoms with Crippen LogP contribution in [0.1, 0.15) is 0 Å². The molecule has 0 bridgehead atoms. The summed E-state index contributed by atoms with van der Waals surface area (Å²) in [5, 5.41) is 8.68. The number of aromatic hydroxyl groups is 1. The first kappa shape index (κ1) is 9.22. The summed E-state index contributed by atoms with van der Waals surface area (Å²) in [5.74, 6) is -0.252. The number of quaternary nitrogens is 1. The molecular weight excluding hydrogens is 181 g/mol. The van der Waals surface area contributed by atoms with Gasteiger partial charge in [0.25, 0.3) is 0 Å². The van der Waals surface area contributed by atoms with E-state index in [1.54, 1.807) is 0 Å². The minimum Gasteiger partial charge on any atom is -0.775 e. The average molecular weight is 189 g/mol. The van der Waals surface area contributed by atoms with Crippen LogP contribution in [0.4, 0.5) is 5.69 Å². The van der Waals surface area contributed by atoms with Crippen LogP contribution < -0.4 is 15.9 Å². The van der Waals surface area contributed by atoms with Gasteiger partial charge in [-0.2, -0.15) is 0 Å². The summed E-state index contributed by atoms with van der Waals surface area (Å²) in [6.07, 6.45) is 0. The molecule has 1 aromatic rings. The molecule has 1 atom stereocenters. The Morgan fingerprint density at radius 2 is 2.08 bits per heavy atom. The smallest absolute Gasteiger partial charge is 0.182 e. The van der Waals surface area contributed by atoms with Gasteiger partial charge in [-0.1, -0.05) is 6.07 Å². The van der Waals surface area contributed by atoms with Crippen molar-refractivity contribution >= 4 is 18.6 Å². The van der Waals surface area contributed by atoms with Crippen LogP contribution in [0, 0.1) is 0 Å². The molecule has 66 valence electrons. The molecule has 0 spiro atoms. The van der Waals surface area contributed by atoms with Crippen LogP contribution in [0.2, 0.25) is 0 Å². The van der Waals surface area contributed by atoms with Gasteiger partial charge in [0.2, 0.25) is 0 Å². The SMILES string of the molecule is [NH3+]c1c(O)cccc1P(=O)([O-])O. The fourth-order valence-corrected chi connectivity index (χ4v) is 1.56. The molecule has 6 heteroatoms. The van der Waals surface area contributed by atoms with Gasteiger partial charge >= 0.3 is 0 Å². The predicted octanol–water partition coefficient (Wildman–Crippen LogP) is -1.56. The van der Waals surface area contributed by atoms with Crippen LogP contribution in [-0.2, 0) is 4.57 Å². The van der Waals surface area contributed by atoms with Crippen molar-refractivity contribution in [3.8, 4) is 5.75 Å². The van der Waals surface area contributed by atoms with E-state index in [2.05, 4.69) is 5.73 Å². The molecule has 0 saturated heterocycles. The predicted molar refractivity (Wildman–Crippen MR) is 40.1 cm³/mol. The summed E-state index contributed by atoms with van der Waals surface area (Å²) in [5.41, 5.74) is 3.22. The number of benzene rings is 1. The van der Waals surface area contributed by atoms with Crippen LogP contribution in [0.15, 0.2) is 18.2 Å². The molecule has 0 fully saturated rings. The molecule has 0 aliphatic rings. The van der Waals surface area contributed by atoms with Gasteiger partial charge in [0, 0.05) is 0 Å². The van der Waals surface area contributed by atoms with Crippen molar-refractivity contribution in [3.05, 3.63) is 18.2 Å². The lowest BCUT2D eigenvalue weighted by atomic mass is 10.3. The van der Waals surface area contributed by atoms with E-state index in [-0.39, 0.29) is 16.7 Å². The third kappa shape index (κ3) is 1.65. The molecule has 0 aromatic heterocycles. The molecule has 5 N–H and O–H groups in total. The minimum absolute atomic E-state index is 0.0849. The number of phenols is 1. The fraction of sp³-hybridized carbons (Fsp3) is 0. The largest absolute Gasteiger partial charge is 0.775 e. The first-order valence-electron chi connectivity index (χ1n) is 3.11. The lowest BCUT2D eigenvalue weighted by molar-refractivity contribution is -0.255. The summed E-state index contributed by atoms with van der Waals surface area (Å²) >= 11 is 0. The molecule has 12 heavy (non-hydrogen) atoms. The van der Waals surface area contributed by atoms with Crippen molar-refractivity contribution in [1.82, 2.24) is 0 Å². The maximum absolute atomic E-state index is 10.6. The zero-order chi connectivity index (χ0) is 9.35. The second-order valence-electron chi connectivity index (χ2n) is 2.30. The van der Waals surface area contributed by atoms with Gasteiger partial charge in [0.15, 0.2) is 19.0 Å². The van der Waals surface area contributed by atoms with Gasteiger partial charge in [-0.25, -0.2) is 0 Å². The Labute approximate surface area is 68.6 Å². The van der Waals surface area contributed by atoms with Gasteiger partial charge < -0.3 is 25.2 Å². The maximum Gasteiger partial charge on any atom is 0.182 e. The number of rotatable bonds is 1. The topological polar surface area (TPSA) is 108 Å². The van der Waals surface area contributed by atoms with Crippen molar-refractivity contribution in [2.45, 2.75) is 0 Å². The quantitative estimate of drug-likeness (QED) is 0.464. The Kier molecular flexibility index (Phi) is 2.21. The second kappa shape index (κ2) is 2.88. The molecule has 0 radical (unpaired) electrons. The zero-order valence-corrected chi connectivity index (χ0v) is 6.99. The fourth-order valence-electron chi connectivity index (χ4n) is 0.828. The second-order valence-corrected chi connectivity index (χ2v) is 3.82. The highest BCUT2D eigenvalue weighted by Crippen LogP contribution is 2.32. The molecule has 1 aromatic carbocycles. The summed E-state index contributed by atoms with van der Waals surface area (Å²) < 4.78 is 10.6. The molecule has 0 aliphatic carbocycles. The summed E-state index contributed by atoms with van der Waals surface area (Å²) in [6.45, 7) is 0. The monoisotopic (exact) mass is 189 g/mol. The van der Waals surface area contributed by atoms with E-state index in [4.69, 9.17) is 10.00 Å². The van der Waals surface area contributed by atoms with Gasteiger partial charge in [-0.15, -0.1) is 0 Å². The molecule has 5 nitrogen and oxygen atoms in total. The normalized spacial score (nSPS) is 15.6. The third-order valence-corrected chi connectivity index (χ3v) is 2.46. The number of hydrogen-bond acceptors (Lipinski definition) is 3. The lowest BCUT2D eigenvalue weighted by Crippen LogP contribution is -2.45. The molecule has 0 saturated carbocycles. The van der Waals surface area contributed by atoms with Crippen LogP contribution >= 0.6 is 7.60 Å². The third-order valence-electron chi connectivity index (χ3n) is 1.43. The Hall–Kier alpha value is -0.870. The first-order valence-corrected chi connectivity index (χ1v) is 4.69. The molecule has 0 aliphatic heterocycles. The highest BCUT2D eigenvalue weighted by atomic mass is 31.2. The Morgan fingerprint density at radius 1 is 1.50 bits per heavy atom.